The average molecular weight is 469 g/mol. The summed E-state index contributed by atoms with van der Waals surface area (Å²) in [5.74, 6) is -1.59. The van der Waals surface area contributed by atoms with Gasteiger partial charge in [0.05, 0.1) is 0 Å². The summed E-state index contributed by atoms with van der Waals surface area (Å²) in [7, 11) is 1.30. The first-order chi connectivity index (χ1) is 16.1. The van der Waals surface area contributed by atoms with E-state index >= 15 is 0 Å². The van der Waals surface area contributed by atoms with Crippen LogP contribution >= 0.6 is 0 Å². The van der Waals surface area contributed by atoms with Crippen LogP contribution in [0.5, 0.6) is 0 Å². The van der Waals surface area contributed by atoms with Crippen LogP contribution in [-0.4, -0.2) is 55.5 Å². The molecule has 34 heavy (non-hydrogen) atoms. The normalized spacial score (nSPS) is 14.5. The molecule has 0 bridgehead atoms. The summed E-state index contributed by atoms with van der Waals surface area (Å²) >= 11 is 0. The van der Waals surface area contributed by atoms with Crippen LogP contribution in [0.1, 0.15) is 44.2 Å². The van der Waals surface area contributed by atoms with Crippen molar-refractivity contribution in [3.8, 4) is 11.1 Å². The summed E-state index contributed by atoms with van der Waals surface area (Å²) < 4.78 is 10.5. The number of aliphatic carboxylic acids is 1. The number of amides is 2. The number of benzene rings is 2. The Morgan fingerprint density at radius 1 is 1.00 bits per heavy atom. The van der Waals surface area contributed by atoms with Crippen LogP contribution in [0.15, 0.2) is 48.5 Å². The number of carboxylic acids is 1. The van der Waals surface area contributed by atoms with Gasteiger partial charge in [0.25, 0.3) is 0 Å². The predicted octanol–water partition coefficient (Wildman–Crippen LogP) is 3.55. The van der Waals surface area contributed by atoms with Crippen molar-refractivity contribution < 1.29 is 29.0 Å². The summed E-state index contributed by atoms with van der Waals surface area (Å²) in [6.45, 7) is 5.73. The van der Waals surface area contributed by atoms with Crippen LogP contribution in [0.3, 0.4) is 0 Å². The van der Waals surface area contributed by atoms with Gasteiger partial charge in [0.15, 0.2) is 6.10 Å². The molecular formula is C26H32N2O6. The first-order valence-corrected chi connectivity index (χ1v) is 11.3. The number of rotatable bonds is 9. The summed E-state index contributed by atoms with van der Waals surface area (Å²) in [6, 6.07) is 15.3. The number of fused-ring (bicyclic) bond motifs is 3. The van der Waals surface area contributed by atoms with Crippen LogP contribution in [0.4, 0.5) is 4.79 Å². The highest BCUT2D eigenvalue weighted by Gasteiger charge is 2.34. The molecule has 2 aromatic carbocycles. The molecule has 182 valence electrons. The first kappa shape index (κ1) is 25.2. The monoisotopic (exact) mass is 468 g/mol. The molecule has 1 aliphatic carbocycles. The van der Waals surface area contributed by atoms with Crippen molar-refractivity contribution in [2.24, 2.45) is 5.41 Å². The third-order valence-electron chi connectivity index (χ3n) is 6.00. The maximum absolute atomic E-state index is 12.8. The van der Waals surface area contributed by atoms with Crippen molar-refractivity contribution in [2.45, 2.75) is 45.3 Å². The zero-order valence-corrected chi connectivity index (χ0v) is 20.0. The minimum absolute atomic E-state index is 0.0814. The van der Waals surface area contributed by atoms with Crippen LogP contribution in [0, 0.1) is 5.41 Å². The Morgan fingerprint density at radius 2 is 1.56 bits per heavy atom. The van der Waals surface area contributed by atoms with Crippen LogP contribution in [0.2, 0.25) is 0 Å². The van der Waals surface area contributed by atoms with E-state index in [0.717, 1.165) is 22.3 Å². The van der Waals surface area contributed by atoms with E-state index in [1.54, 1.807) is 0 Å². The quantitative estimate of drug-likeness (QED) is 0.519. The van der Waals surface area contributed by atoms with E-state index in [4.69, 9.17) is 14.6 Å². The molecule has 2 amide bonds. The molecule has 0 heterocycles. The SMILES string of the molecule is COC(CCNC(=O)C(NC(=O)OCC1c2ccccc2-c2ccccc21)C(C)(C)C)C(=O)O. The van der Waals surface area contributed by atoms with E-state index < -0.39 is 35.5 Å². The first-order valence-electron chi connectivity index (χ1n) is 11.3. The van der Waals surface area contributed by atoms with Crippen molar-refractivity contribution in [1.82, 2.24) is 10.6 Å². The molecule has 3 N–H and O–H groups in total. The fraction of sp³-hybridized carbons (Fsp3) is 0.423. The second kappa shape index (κ2) is 10.7. The number of nitrogens with one attached hydrogen (secondary N) is 2. The highest BCUT2D eigenvalue weighted by molar-refractivity contribution is 5.86. The molecule has 2 unspecified atom stereocenters. The molecule has 8 nitrogen and oxygen atoms in total. The number of carbonyl (C=O) groups excluding carboxylic acids is 2. The van der Waals surface area contributed by atoms with Gasteiger partial charge in [-0.05, 0) is 27.7 Å². The van der Waals surface area contributed by atoms with E-state index in [1.807, 2.05) is 57.2 Å². The number of hydrogen-bond acceptors (Lipinski definition) is 5. The Morgan fingerprint density at radius 3 is 2.06 bits per heavy atom. The number of carbonyl (C=O) groups is 3. The van der Waals surface area contributed by atoms with Crippen molar-refractivity contribution in [2.75, 3.05) is 20.3 Å². The van der Waals surface area contributed by atoms with Gasteiger partial charge in [0, 0.05) is 26.0 Å². The Bertz CT molecular complexity index is 1000. The zero-order valence-electron chi connectivity index (χ0n) is 20.0. The van der Waals surface area contributed by atoms with Gasteiger partial charge in [-0.15, -0.1) is 0 Å². The summed E-state index contributed by atoms with van der Waals surface area (Å²) in [4.78, 5) is 36.5. The second-order valence-corrected chi connectivity index (χ2v) is 9.41. The third kappa shape index (κ3) is 5.75. The summed E-state index contributed by atoms with van der Waals surface area (Å²) in [5.41, 5.74) is 3.88. The maximum Gasteiger partial charge on any atom is 0.407 e. The lowest BCUT2D eigenvalue weighted by atomic mass is 9.86. The number of methoxy groups -OCH3 is 1. The lowest BCUT2D eigenvalue weighted by Crippen LogP contribution is -2.54. The Balaban J connectivity index is 1.61. The van der Waals surface area contributed by atoms with E-state index in [1.165, 1.54) is 7.11 Å². The summed E-state index contributed by atoms with van der Waals surface area (Å²) in [5, 5.41) is 14.4. The molecule has 3 rings (SSSR count). The average Bonchev–Trinajstić information content (AvgIpc) is 3.11. The molecule has 0 spiro atoms. The van der Waals surface area contributed by atoms with Gasteiger partial charge in [-0.25, -0.2) is 9.59 Å². The van der Waals surface area contributed by atoms with Gasteiger partial charge in [-0.2, -0.15) is 0 Å². The van der Waals surface area contributed by atoms with Gasteiger partial charge in [0.2, 0.25) is 5.91 Å². The number of ether oxygens (including phenoxy) is 2. The standard InChI is InChI=1S/C26H32N2O6/c1-26(2,3)22(23(29)27-14-13-21(33-4)24(30)31)28-25(32)34-15-20-18-11-7-5-9-16(18)17-10-6-8-12-19(17)20/h5-12,20-22H,13-15H2,1-4H3,(H,27,29)(H,28,32)(H,30,31). The van der Waals surface area contributed by atoms with Crippen molar-refractivity contribution in [3.63, 3.8) is 0 Å². The van der Waals surface area contributed by atoms with Crippen molar-refractivity contribution in [1.29, 1.82) is 0 Å². The highest BCUT2D eigenvalue weighted by Crippen LogP contribution is 2.44. The van der Waals surface area contributed by atoms with Gasteiger partial charge in [-0.1, -0.05) is 69.3 Å². The topological polar surface area (TPSA) is 114 Å². The fourth-order valence-electron chi connectivity index (χ4n) is 4.20. The van der Waals surface area contributed by atoms with Gasteiger partial charge >= 0.3 is 12.1 Å². The lowest BCUT2D eigenvalue weighted by Gasteiger charge is -2.30. The molecule has 0 saturated heterocycles. The Hall–Kier alpha value is -3.39. The summed E-state index contributed by atoms with van der Waals surface area (Å²) in [6.07, 6.45) is -1.58. The van der Waals surface area contributed by atoms with Gasteiger partial charge in [-0.3, -0.25) is 4.79 Å². The van der Waals surface area contributed by atoms with Gasteiger partial charge < -0.3 is 25.2 Å². The fourth-order valence-corrected chi connectivity index (χ4v) is 4.20. The molecule has 8 heteroatoms. The molecular weight excluding hydrogens is 436 g/mol. The molecule has 2 aromatic rings. The van der Waals surface area contributed by atoms with Crippen molar-refractivity contribution >= 4 is 18.0 Å². The largest absolute Gasteiger partial charge is 0.479 e. The van der Waals surface area contributed by atoms with E-state index in [9.17, 15) is 14.4 Å². The number of carboxylic acid groups (broad SMARTS) is 1. The lowest BCUT2D eigenvalue weighted by molar-refractivity contribution is -0.149. The second-order valence-electron chi connectivity index (χ2n) is 9.41. The minimum Gasteiger partial charge on any atom is -0.479 e. The molecule has 0 saturated carbocycles. The number of hydrogen-bond donors (Lipinski definition) is 3. The minimum atomic E-state index is -1.10. The molecule has 2 atom stereocenters. The van der Waals surface area contributed by atoms with Crippen LogP contribution in [-0.2, 0) is 19.1 Å². The Kier molecular flexibility index (Phi) is 7.94. The molecule has 0 aliphatic heterocycles. The predicted molar refractivity (Wildman–Crippen MR) is 128 cm³/mol. The molecule has 1 aliphatic rings. The number of alkyl carbamates (subject to hydrolysis) is 1. The molecule has 0 fully saturated rings. The van der Waals surface area contributed by atoms with E-state index in [0.29, 0.717) is 0 Å². The maximum atomic E-state index is 12.8. The smallest absolute Gasteiger partial charge is 0.407 e. The highest BCUT2D eigenvalue weighted by atomic mass is 16.5. The van der Waals surface area contributed by atoms with E-state index in [-0.39, 0.29) is 25.5 Å². The van der Waals surface area contributed by atoms with Crippen molar-refractivity contribution in [3.05, 3.63) is 59.7 Å². The van der Waals surface area contributed by atoms with Gasteiger partial charge in [0.1, 0.15) is 12.6 Å². The zero-order chi connectivity index (χ0) is 24.9. The van der Waals surface area contributed by atoms with E-state index in [2.05, 4.69) is 22.8 Å². The van der Waals surface area contributed by atoms with Crippen LogP contribution in [0.25, 0.3) is 11.1 Å². The Labute approximate surface area is 199 Å². The molecule has 0 aromatic heterocycles. The van der Waals surface area contributed by atoms with Crippen LogP contribution < -0.4 is 10.6 Å². The third-order valence-corrected chi connectivity index (χ3v) is 6.00. The molecule has 0 radical (unpaired) electrons.